The molecule has 0 aliphatic carbocycles. The third-order valence-electron chi connectivity index (χ3n) is 1.61. The van der Waals surface area contributed by atoms with E-state index in [-0.39, 0.29) is 18.2 Å². The van der Waals surface area contributed by atoms with Crippen molar-refractivity contribution in [3.8, 4) is 0 Å². The summed E-state index contributed by atoms with van der Waals surface area (Å²) in [5.41, 5.74) is 0. The number of nitrogens with zero attached hydrogens (tertiary/aromatic N) is 1. The number of hydrogen-bond acceptors (Lipinski definition) is 2. The summed E-state index contributed by atoms with van der Waals surface area (Å²) in [6, 6.07) is 0. The molecule has 0 N–H and O–H groups in total. The summed E-state index contributed by atoms with van der Waals surface area (Å²) in [6.07, 6.45) is 1.38. The number of hydrogen-bond donors (Lipinski definition) is 0. The Bertz CT molecular complexity index is 166. The van der Waals surface area contributed by atoms with Crippen molar-refractivity contribution < 1.29 is 9.59 Å². The molecule has 0 saturated carbocycles. The Labute approximate surface area is 73.7 Å². The molecule has 3 heteroatoms. The molecule has 0 radical (unpaired) electrons. The lowest BCUT2D eigenvalue weighted by Crippen LogP contribution is -2.34. The van der Waals surface area contributed by atoms with Crippen LogP contribution < -0.4 is 0 Å². The van der Waals surface area contributed by atoms with Crippen LogP contribution in [0.15, 0.2) is 0 Å². The fourth-order valence-corrected chi connectivity index (χ4v) is 1.02. The van der Waals surface area contributed by atoms with Crippen molar-refractivity contribution in [1.29, 1.82) is 0 Å². The van der Waals surface area contributed by atoms with E-state index in [4.69, 9.17) is 0 Å². The summed E-state index contributed by atoms with van der Waals surface area (Å²) < 4.78 is 0. The maximum atomic E-state index is 11.3. The topological polar surface area (TPSA) is 37.4 Å². The van der Waals surface area contributed by atoms with Crippen LogP contribution in [-0.2, 0) is 9.59 Å². The van der Waals surface area contributed by atoms with Gasteiger partial charge in [0.1, 0.15) is 5.78 Å². The van der Waals surface area contributed by atoms with Gasteiger partial charge in [-0.25, -0.2) is 0 Å². The van der Waals surface area contributed by atoms with Crippen LogP contribution >= 0.6 is 0 Å². The van der Waals surface area contributed by atoms with Gasteiger partial charge in [-0.2, -0.15) is 0 Å². The highest BCUT2D eigenvalue weighted by molar-refractivity contribution is 5.84. The Balaban J connectivity index is 3.96. The minimum absolute atomic E-state index is 0.0429. The summed E-state index contributed by atoms with van der Waals surface area (Å²) in [5, 5.41) is 0. The van der Waals surface area contributed by atoms with Gasteiger partial charge in [0.05, 0.1) is 6.54 Å². The lowest BCUT2D eigenvalue weighted by atomic mass is 10.3. The van der Waals surface area contributed by atoms with Crippen molar-refractivity contribution in [2.75, 3.05) is 13.1 Å². The minimum atomic E-state index is 0.0429. The molecule has 0 rings (SSSR count). The van der Waals surface area contributed by atoms with Gasteiger partial charge in [-0.05, 0) is 20.3 Å². The molecule has 3 nitrogen and oxygen atoms in total. The molecule has 0 aliphatic heterocycles. The quantitative estimate of drug-likeness (QED) is 0.623. The summed E-state index contributed by atoms with van der Waals surface area (Å²) in [7, 11) is 0. The molecular formula is C9H17NO2. The molecule has 0 unspecified atom stereocenters. The van der Waals surface area contributed by atoms with Crippen LogP contribution in [0.3, 0.4) is 0 Å². The number of carbonyl (C=O) groups is 2. The number of rotatable bonds is 5. The predicted molar refractivity (Wildman–Crippen MR) is 47.8 cm³/mol. The molecule has 0 aromatic rings. The van der Waals surface area contributed by atoms with Crippen LogP contribution in [-0.4, -0.2) is 29.7 Å². The molecular weight excluding hydrogens is 154 g/mol. The second kappa shape index (κ2) is 5.75. The first-order valence-electron chi connectivity index (χ1n) is 4.39. The molecule has 0 bridgehead atoms. The largest absolute Gasteiger partial charge is 0.336 e. The molecule has 12 heavy (non-hydrogen) atoms. The molecule has 0 saturated heterocycles. The van der Waals surface area contributed by atoms with E-state index in [1.807, 2.05) is 13.8 Å². The monoisotopic (exact) mass is 171 g/mol. The number of ketones is 1. The first kappa shape index (κ1) is 11.1. The van der Waals surface area contributed by atoms with Crippen LogP contribution in [0.4, 0.5) is 0 Å². The molecule has 1 amide bonds. The van der Waals surface area contributed by atoms with Gasteiger partial charge in [-0.3, -0.25) is 9.59 Å². The number of carbonyl (C=O) groups excluding carboxylic acids is 2. The van der Waals surface area contributed by atoms with Crippen molar-refractivity contribution in [3.05, 3.63) is 0 Å². The average molecular weight is 171 g/mol. The standard InChI is InChI=1S/C9H17NO2/c1-4-6-9(12)10(5-2)7-8(3)11/h4-7H2,1-3H3. The van der Waals surface area contributed by atoms with Crippen molar-refractivity contribution in [2.45, 2.75) is 33.6 Å². The van der Waals surface area contributed by atoms with Crippen LogP contribution in [0, 0.1) is 0 Å². The van der Waals surface area contributed by atoms with Crippen LogP contribution in [0.5, 0.6) is 0 Å². The van der Waals surface area contributed by atoms with Crippen LogP contribution in [0.1, 0.15) is 33.6 Å². The Morgan fingerprint density at radius 2 is 1.83 bits per heavy atom. The molecule has 0 atom stereocenters. The van der Waals surface area contributed by atoms with Gasteiger partial charge in [-0.1, -0.05) is 6.92 Å². The van der Waals surface area contributed by atoms with Crippen LogP contribution in [0.2, 0.25) is 0 Å². The van der Waals surface area contributed by atoms with E-state index in [1.165, 1.54) is 6.92 Å². The van der Waals surface area contributed by atoms with Gasteiger partial charge in [0.15, 0.2) is 0 Å². The highest BCUT2D eigenvalue weighted by Gasteiger charge is 2.11. The van der Waals surface area contributed by atoms with Gasteiger partial charge in [-0.15, -0.1) is 0 Å². The minimum Gasteiger partial charge on any atom is -0.336 e. The van der Waals surface area contributed by atoms with Crippen molar-refractivity contribution in [2.24, 2.45) is 0 Å². The van der Waals surface area contributed by atoms with E-state index < -0.39 is 0 Å². The van der Waals surface area contributed by atoms with Gasteiger partial charge < -0.3 is 4.90 Å². The van der Waals surface area contributed by atoms with Gasteiger partial charge >= 0.3 is 0 Å². The maximum absolute atomic E-state index is 11.3. The summed E-state index contributed by atoms with van der Waals surface area (Å²) >= 11 is 0. The normalized spacial score (nSPS) is 9.58. The van der Waals surface area contributed by atoms with Gasteiger partial charge in [0, 0.05) is 13.0 Å². The average Bonchev–Trinajstić information content (AvgIpc) is 2.00. The molecule has 0 aliphatic rings. The zero-order valence-electron chi connectivity index (χ0n) is 8.09. The second-order valence-corrected chi connectivity index (χ2v) is 2.86. The fraction of sp³-hybridized carbons (Fsp3) is 0.778. The molecule has 0 aromatic heterocycles. The molecule has 0 spiro atoms. The first-order chi connectivity index (χ1) is 5.61. The fourth-order valence-electron chi connectivity index (χ4n) is 1.02. The Kier molecular flexibility index (Phi) is 5.34. The van der Waals surface area contributed by atoms with E-state index in [0.717, 1.165) is 6.42 Å². The maximum Gasteiger partial charge on any atom is 0.222 e. The predicted octanol–water partition coefficient (Wildman–Crippen LogP) is 1.22. The van der Waals surface area contributed by atoms with Gasteiger partial charge in [0.25, 0.3) is 0 Å². The van der Waals surface area contributed by atoms with Crippen molar-refractivity contribution >= 4 is 11.7 Å². The summed E-state index contributed by atoms with van der Waals surface area (Å²) in [6.45, 7) is 6.23. The smallest absolute Gasteiger partial charge is 0.222 e. The van der Waals surface area contributed by atoms with E-state index >= 15 is 0 Å². The molecule has 0 fully saturated rings. The summed E-state index contributed by atoms with van der Waals surface area (Å²) in [5.74, 6) is 0.122. The van der Waals surface area contributed by atoms with Crippen molar-refractivity contribution in [1.82, 2.24) is 4.90 Å². The highest BCUT2D eigenvalue weighted by atomic mass is 16.2. The molecule has 0 aromatic carbocycles. The zero-order valence-corrected chi connectivity index (χ0v) is 8.09. The van der Waals surface area contributed by atoms with E-state index in [1.54, 1.807) is 4.90 Å². The van der Waals surface area contributed by atoms with E-state index in [0.29, 0.717) is 13.0 Å². The second-order valence-electron chi connectivity index (χ2n) is 2.86. The third-order valence-corrected chi connectivity index (χ3v) is 1.61. The Morgan fingerprint density at radius 1 is 1.25 bits per heavy atom. The Hall–Kier alpha value is -0.860. The lowest BCUT2D eigenvalue weighted by Gasteiger charge is -2.18. The van der Waals surface area contributed by atoms with E-state index in [9.17, 15) is 9.59 Å². The first-order valence-corrected chi connectivity index (χ1v) is 4.39. The molecule has 70 valence electrons. The SMILES string of the molecule is CCCC(=O)N(CC)CC(C)=O. The van der Waals surface area contributed by atoms with Crippen molar-refractivity contribution in [3.63, 3.8) is 0 Å². The molecule has 0 heterocycles. The highest BCUT2D eigenvalue weighted by Crippen LogP contribution is 1.97. The summed E-state index contributed by atoms with van der Waals surface area (Å²) in [4.78, 5) is 23.6. The van der Waals surface area contributed by atoms with Gasteiger partial charge in [0.2, 0.25) is 5.91 Å². The number of amides is 1. The Morgan fingerprint density at radius 3 is 2.17 bits per heavy atom. The van der Waals surface area contributed by atoms with E-state index in [2.05, 4.69) is 0 Å². The lowest BCUT2D eigenvalue weighted by molar-refractivity contribution is -0.134. The zero-order chi connectivity index (χ0) is 9.56. The number of likely N-dealkylation sites (N-methyl/N-ethyl adjacent to an activating group) is 1. The third kappa shape index (κ3) is 4.11. The van der Waals surface area contributed by atoms with Crippen LogP contribution in [0.25, 0.3) is 0 Å². The number of Topliss-reactive ketones (excluding diaryl/α,β-unsaturated/α-hetero) is 1.